The van der Waals surface area contributed by atoms with Crippen LogP contribution in [0.4, 0.5) is 5.69 Å². The van der Waals surface area contributed by atoms with Crippen LogP contribution >= 0.6 is 11.6 Å². The molecule has 69 valence electrons. The highest BCUT2D eigenvalue weighted by Gasteiger charge is 1.99. The third-order valence-corrected chi connectivity index (χ3v) is 2.07. The summed E-state index contributed by atoms with van der Waals surface area (Å²) in [4.78, 5) is 9.96. The van der Waals surface area contributed by atoms with E-state index in [1.165, 1.54) is 0 Å². The minimum atomic E-state index is 0.460. The second-order valence-electron chi connectivity index (χ2n) is 2.84. The number of anilines is 1. The molecule has 0 atom stereocenters. The first-order valence-electron chi connectivity index (χ1n) is 4.13. The van der Waals surface area contributed by atoms with Crippen molar-refractivity contribution >= 4 is 23.6 Å². The van der Waals surface area contributed by atoms with Crippen molar-refractivity contribution in [3.05, 3.63) is 28.8 Å². The number of halogens is 1. The maximum atomic E-state index is 9.96. The second kappa shape index (κ2) is 4.87. The number of benzene rings is 1. The Morgan fingerprint density at radius 1 is 1.46 bits per heavy atom. The summed E-state index contributed by atoms with van der Waals surface area (Å²) in [6.45, 7) is 0. The first-order chi connectivity index (χ1) is 6.24. The van der Waals surface area contributed by atoms with Gasteiger partial charge in [0, 0.05) is 17.1 Å². The van der Waals surface area contributed by atoms with E-state index in [1.54, 1.807) is 12.1 Å². The summed E-state index contributed by atoms with van der Waals surface area (Å²) in [5, 5.41) is 0.642. The van der Waals surface area contributed by atoms with Crippen LogP contribution in [0.25, 0.3) is 0 Å². The van der Waals surface area contributed by atoms with Crippen molar-refractivity contribution in [1.82, 2.24) is 0 Å². The van der Waals surface area contributed by atoms with Crippen LogP contribution in [0.3, 0.4) is 0 Å². The standard InChI is InChI=1S/C10H11ClNO/c11-9-5-4-8(10(12)7-9)3-1-2-6-13/h4-5,7H,1-3,12H2. The number of nitrogens with two attached hydrogens (primary N) is 1. The first-order valence-corrected chi connectivity index (χ1v) is 4.50. The van der Waals surface area contributed by atoms with E-state index in [-0.39, 0.29) is 0 Å². The molecule has 0 aromatic heterocycles. The van der Waals surface area contributed by atoms with E-state index in [4.69, 9.17) is 17.3 Å². The van der Waals surface area contributed by atoms with E-state index in [0.29, 0.717) is 17.1 Å². The molecule has 1 aromatic carbocycles. The fraction of sp³-hybridized carbons (Fsp3) is 0.300. The zero-order valence-corrected chi connectivity index (χ0v) is 7.97. The summed E-state index contributed by atoms with van der Waals surface area (Å²) in [6.07, 6.45) is 3.90. The van der Waals surface area contributed by atoms with Crippen molar-refractivity contribution in [1.29, 1.82) is 0 Å². The molecular weight excluding hydrogens is 186 g/mol. The van der Waals surface area contributed by atoms with Crippen LogP contribution in [0.1, 0.15) is 18.4 Å². The third kappa shape index (κ3) is 3.07. The van der Waals surface area contributed by atoms with Gasteiger partial charge in [0.05, 0.1) is 0 Å². The maximum Gasteiger partial charge on any atom is 0.198 e. The fourth-order valence-electron chi connectivity index (χ4n) is 1.14. The van der Waals surface area contributed by atoms with Crippen molar-refractivity contribution in [2.75, 3.05) is 5.73 Å². The monoisotopic (exact) mass is 196 g/mol. The van der Waals surface area contributed by atoms with E-state index in [0.717, 1.165) is 18.4 Å². The lowest BCUT2D eigenvalue weighted by molar-refractivity contribution is 0.548. The molecule has 3 heteroatoms. The van der Waals surface area contributed by atoms with Gasteiger partial charge in [-0.3, -0.25) is 4.79 Å². The average Bonchev–Trinajstić information content (AvgIpc) is 2.09. The van der Waals surface area contributed by atoms with Crippen LogP contribution in [-0.4, -0.2) is 6.29 Å². The Labute approximate surface area is 82.7 Å². The Hall–Kier alpha value is -1.02. The molecule has 0 saturated heterocycles. The Morgan fingerprint density at radius 3 is 2.85 bits per heavy atom. The molecule has 1 radical (unpaired) electrons. The quantitative estimate of drug-likeness (QED) is 0.594. The van der Waals surface area contributed by atoms with Gasteiger partial charge in [0.2, 0.25) is 0 Å². The Balaban J connectivity index is 2.61. The highest BCUT2D eigenvalue weighted by atomic mass is 35.5. The van der Waals surface area contributed by atoms with Crippen molar-refractivity contribution in [2.24, 2.45) is 0 Å². The van der Waals surface area contributed by atoms with Gasteiger partial charge in [-0.1, -0.05) is 17.7 Å². The molecule has 0 saturated carbocycles. The maximum absolute atomic E-state index is 9.96. The molecule has 0 bridgehead atoms. The fourth-order valence-corrected chi connectivity index (χ4v) is 1.33. The van der Waals surface area contributed by atoms with E-state index in [1.807, 2.05) is 12.4 Å². The van der Waals surface area contributed by atoms with Crippen molar-refractivity contribution < 1.29 is 4.79 Å². The topological polar surface area (TPSA) is 43.1 Å². The second-order valence-corrected chi connectivity index (χ2v) is 3.28. The molecule has 0 aliphatic carbocycles. The van der Waals surface area contributed by atoms with E-state index >= 15 is 0 Å². The van der Waals surface area contributed by atoms with Gasteiger partial charge in [0.15, 0.2) is 6.29 Å². The zero-order valence-electron chi connectivity index (χ0n) is 7.22. The summed E-state index contributed by atoms with van der Waals surface area (Å²) >= 11 is 5.74. The van der Waals surface area contributed by atoms with Gasteiger partial charge in [0.25, 0.3) is 0 Å². The van der Waals surface area contributed by atoms with E-state index < -0.39 is 0 Å². The summed E-state index contributed by atoms with van der Waals surface area (Å²) in [5.74, 6) is 0. The number of carbonyl (C=O) groups excluding carboxylic acids is 1. The lowest BCUT2D eigenvalue weighted by atomic mass is 10.1. The highest BCUT2D eigenvalue weighted by molar-refractivity contribution is 6.30. The van der Waals surface area contributed by atoms with E-state index in [2.05, 4.69) is 0 Å². The number of aryl methyl sites for hydroxylation is 1. The third-order valence-electron chi connectivity index (χ3n) is 1.83. The number of hydrogen-bond acceptors (Lipinski definition) is 2. The average molecular weight is 197 g/mol. The van der Waals surface area contributed by atoms with Gasteiger partial charge in [0.1, 0.15) is 0 Å². The van der Waals surface area contributed by atoms with Gasteiger partial charge >= 0.3 is 0 Å². The zero-order chi connectivity index (χ0) is 9.68. The van der Waals surface area contributed by atoms with E-state index in [9.17, 15) is 4.79 Å². The minimum Gasteiger partial charge on any atom is -0.398 e. The minimum absolute atomic E-state index is 0.460. The number of hydrogen-bond donors (Lipinski definition) is 1. The molecule has 0 amide bonds. The molecule has 0 fully saturated rings. The lowest BCUT2D eigenvalue weighted by Gasteiger charge is -2.03. The predicted molar refractivity (Wildman–Crippen MR) is 54.5 cm³/mol. The molecule has 2 N–H and O–H groups in total. The van der Waals surface area contributed by atoms with Crippen LogP contribution in [0.5, 0.6) is 0 Å². The first kappa shape index (κ1) is 10.1. The van der Waals surface area contributed by atoms with Crippen molar-refractivity contribution in [3.8, 4) is 0 Å². The Morgan fingerprint density at radius 2 is 2.23 bits per heavy atom. The summed E-state index contributed by atoms with van der Waals surface area (Å²) in [7, 11) is 0. The number of rotatable bonds is 4. The van der Waals surface area contributed by atoms with Crippen molar-refractivity contribution in [3.63, 3.8) is 0 Å². The number of nitrogen functional groups attached to an aromatic ring is 1. The van der Waals surface area contributed by atoms with Gasteiger partial charge in [-0.2, -0.15) is 0 Å². The summed E-state index contributed by atoms with van der Waals surface area (Å²) in [6, 6.07) is 5.42. The Kier molecular flexibility index (Phi) is 3.77. The summed E-state index contributed by atoms with van der Waals surface area (Å²) < 4.78 is 0. The highest BCUT2D eigenvalue weighted by Crippen LogP contribution is 2.19. The van der Waals surface area contributed by atoms with Crippen LogP contribution in [0.15, 0.2) is 18.2 Å². The van der Waals surface area contributed by atoms with Gasteiger partial charge in [-0.05, 0) is 30.5 Å². The van der Waals surface area contributed by atoms with Gasteiger partial charge < -0.3 is 5.73 Å². The molecule has 2 nitrogen and oxygen atoms in total. The molecule has 0 aliphatic rings. The van der Waals surface area contributed by atoms with Crippen LogP contribution in [0, 0.1) is 0 Å². The molecular formula is C10H11ClNO. The smallest absolute Gasteiger partial charge is 0.198 e. The van der Waals surface area contributed by atoms with Crippen LogP contribution in [-0.2, 0) is 11.2 Å². The predicted octanol–water partition coefficient (Wildman–Crippen LogP) is 2.35. The Bertz CT molecular complexity index is 299. The molecule has 0 unspecified atom stereocenters. The van der Waals surface area contributed by atoms with Crippen LogP contribution < -0.4 is 5.73 Å². The molecule has 0 spiro atoms. The molecule has 0 aliphatic heterocycles. The molecule has 1 rings (SSSR count). The normalized spacial score (nSPS) is 9.92. The lowest BCUT2D eigenvalue weighted by Crippen LogP contribution is -1.94. The SMILES string of the molecule is Nc1cc(Cl)ccc1CCC[C]=O. The van der Waals surface area contributed by atoms with Gasteiger partial charge in [-0.25, -0.2) is 0 Å². The molecule has 1 aromatic rings. The number of unbranched alkanes of at least 4 members (excludes halogenated alkanes) is 1. The van der Waals surface area contributed by atoms with Gasteiger partial charge in [-0.15, -0.1) is 0 Å². The summed E-state index contributed by atoms with van der Waals surface area (Å²) in [5.41, 5.74) is 7.45. The molecule has 13 heavy (non-hydrogen) atoms. The van der Waals surface area contributed by atoms with Crippen molar-refractivity contribution in [2.45, 2.75) is 19.3 Å². The van der Waals surface area contributed by atoms with Crippen LogP contribution in [0.2, 0.25) is 5.02 Å². The largest absolute Gasteiger partial charge is 0.398 e. The molecule has 0 heterocycles.